The molecule has 3 saturated heterocycles. The van der Waals surface area contributed by atoms with Crippen molar-refractivity contribution in [1.82, 2.24) is 30.2 Å². The number of benzene rings is 1. The fourth-order valence-corrected chi connectivity index (χ4v) is 6.13. The van der Waals surface area contributed by atoms with Gasteiger partial charge in [-0.25, -0.2) is 4.98 Å². The highest BCUT2D eigenvalue weighted by Gasteiger charge is 2.42. The van der Waals surface area contributed by atoms with E-state index < -0.39 is 0 Å². The zero-order valence-corrected chi connectivity index (χ0v) is 20.4. The summed E-state index contributed by atoms with van der Waals surface area (Å²) >= 11 is 0. The molecule has 1 amide bonds. The van der Waals surface area contributed by atoms with Gasteiger partial charge in [0, 0.05) is 57.3 Å². The SMILES string of the molecule is O=C(c1cnc(OC2CCOCC2)c(C2CC2)c1)N1C[C@H]2CN(Cc3ccc4[nH]nnc4c3)C[C@@H]2C1. The van der Waals surface area contributed by atoms with Crippen LogP contribution in [-0.4, -0.2) is 81.6 Å². The minimum Gasteiger partial charge on any atom is -0.474 e. The number of carbonyl (C=O) groups is 1. The molecule has 1 N–H and O–H groups in total. The number of fused-ring (bicyclic) bond motifs is 2. The molecule has 1 saturated carbocycles. The molecule has 2 atom stereocenters. The van der Waals surface area contributed by atoms with E-state index in [9.17, 15) is 4.79 Å². The Bertz CT molecular complexity index is 1250. The molecule has 3 aromatic rings. The molecule has 2 aromatic heterocycles. The van der Waals surface area contributed by atoms with Crippen molar-refractivity contribution in [1.29, 1.82) is 0 Å². The van der Waals surface area contributed by atoms with Crippen LogP contribution in [0.5, 0.6) is 5.88 Å². The van der Waals surface area contributed by atoms with Crippen LogP contribution in [0.25, 0.3) is 11.0 Å². The number of rotatable bonds is 6. The number of amides is 1. The van der Waals surface area contributed by atoms with Gasteiger partial charge in [0.2, 0.25) is 5.88 Å². The van der Waals surface area contributed by atoms with E-state index in [0.717, 1.165) is 94.1 Å². The van der Waals surface area contributed by atoms with Crippen LogP contribution < -0.4 is 4.74 Å². The monoisotopic (exact) mass is 488 g/mol. The number of hydrogen-bond acceptors (Lipinski definition) is 7. The molecule has 5 heterocycles. The van der Waals surface area contributed by atoms with Gasteiger partial charge in [-0.05, 0) is 54.4 Å². The van der Waals surface area contributed by atoms with Crippen LogP contribution >= 0.6 is 0 Å². The molecule has 4 fully saturated rings. The van der Waals surface area contributed by atoms with Crippen molar-refractivity contribution in [3.05, 3.63) is 47.2 Å². The summed E-state index contributed by atoms with van der Waals surface area (Å²) in [5.41, 5.74) is 4.95. The second-order valence-electron chi connectivity index (χ2n) is 10.9. The number of ether oxygens (including phenoxy) is 2. The van der Waals surface area contributed by atoms with Crippen molar-refractivity contribution >= 4 is 16.9 Å². The summed E-state index contributed by atoms with van der Waals surface area (Å²) in [6.45, 7) is 6.08. The lowest BCUT2D eigenvalue weighted by atomic mass is 10.0. The van der Waals surface area contributed by atoms with Crippen LogP contribution in [0.2, 0.25) is 0 Å². The number of hydrogen-bond donors (Lipinski definition) is 1. The average Bonchev–Trinajstić information content (AvgIpc) is 3.32. The Kier molecular flexibility index (Phi) is 5.62. The van der Waals surface area contributed by atoms with Gasteiger partial charge >= 0.3 is 0 Å². The molecule has 9 heteroatoms. The summed E-state index contributed by atoms with van der Waals surface area (Å²) in [5, 5.41) is 10.9. The Morgan fingerprint density at radius 3 is 2.64 bits per heavy atom. The standard InChI is InChI=1S/C27H32N6O3/c34-27(19-10-23(18-2-3-18)26(28-11-19)36-22-5-7-35-8-6-22)33-15-20-13-32(14-21(20)16-33)12-17-1-4-24-25(9-17)30-31-29-24/h1,4,9-11,18,20-22H,2-3,5-8,12-16H2,(H,29,30,31)/t20-,21-/m1/s1. The maximum absolute atomic E-state index is 13.4. The van der Waals surface area contributed by atoms with Crippen LogP contribution in [0.3, 0.4) is 0 Å². The predicted molar refractivity (Wildman–Crippen MR) is 133 cm³/mol. The van der Waals surface area contributed by atoms with E-state index in [2.05, 4.69) is 43.5 Å². The number of likely N-dealkylation sites (tertiary alicyclic amines) is 2. The third-order valence-electron chi connectivity index (χ3n) is 8.24. The van der Waals surface area contributed by atoms with E-state index in [4.69, 9.17) is 9.47 Å². The van der Waals surface area contributed by atoms with Crippen molar-refractivity contribution in [2.75, 3.05) is 39.4 Å². The highest BCUT2D eigenvalue weighted by Crippen LogP contribution is 2.44. The first-order valence-electron chi connectivity index (χ1n) is 13.3. The molecule has 188 valence electrons. The molecule has 0 unspecified atom stereocenters. The Hall–Kier alpha value is -3.04. The largest absolute Gasteiger partial charge is 0.474 e. The van der Waals surface area contributed by atoms with E-state index in [1.165, 1.54) is 5.56 Å². The zero-order chi connectivity index (χ0) is 24.1. The van der Waals surface area contributed by atoms with Gasteiger partial charge in [0.05, 0.1) is 24.3 Å². The predicted octanol–water partition coefficient (Wildman–Crippen LogP) is 2.99. The lowest BCUT2D eigenvalue weighted by molar-refractivity contribution is 0.0233. The number of nitrogens with one attached hydrogen (secondary N) is 1. The fourth-order valence-electron chi connectivity index (χ4n) is 6.13. The molecule has 0 bridgehead atoms. The third kappa shape index (κ3) is 4.35. The van der Waals surface area contributed by atoms with E-state index >= 15 is 0 Å². The van der Waals surface area contributed by atoms with Crippen LogP contribution in [0.1, 0.15) is 53.1 Å². The Morgan fingerprint density at radius 1 is 1.06 bits per heavy atom. The number of aromatic nitrogens is 4. The van der Waals surface area contributed by atoms with Gasteiger partial charge in [-0.2, -0.15) is 0 Å². The fraction of sp³-hybridized carbons (Fsp3) is 0.556. The van der Waals surface area contributed by atoms with Gasteiger partial charge in [-0.1, -0.05) is 11.3 Å². The summed E-state index contributed by atoms with van der Waals surface area (Å²) in [5.74, 6) is 2.36. The molecule has 7 rings (SSSR count). The molecule has 1 aromatic carbocycles. The van der Waals surface area contributed by atoms with Crippen LogP contribution in [0.4, 0.5) is 0 Å². The summed E-state index contributed by atoms with van der Waals surface area (Å²) in [6.07, 6.45) is 5.98. The zero-order valence-electron chi connectivity index (χ0n) is 20.4. The van der Waals surface area contributed by atoms with E-state index in [0.29, 0.717) is 23.3 Å². The summed E-state index contributed by atoms with van der Waals surface area (Å²) < 4.78 is 11.7. The summed E-state index contributed by atoms with van der Waals surface area (Å²) in [4.78, 5) is 22.6. The normalized spacial score (nSPS) is 24.9. The van der Waals surface area contributed by atoms with Gasteiger partial charge in [-0.15, -0.1) is 5.10 Å². The smallest absolute Gasteiger partial charge is 0.255 e. The molecule has 36 heavy (non-hydrogen) atoms. The molecule has 4 aliphatic rings. The van der Waals surface area contributed by atoms with Crippen LogP contribution in [0, 0.1) is 11.8 Å². The van der Waals surface area contributed by atoms with Crippen molar-refractivity contribution in [3.8, 4) is 5.88 Å². The quantitative estimate of drug-likeness (QED) is 0.570. The van der Waals surface area contributed by atoms with Gasteiger partial charge in [0.15, 0.2) is 0 Å². The Morgan fingerprint density at radius 2 is 1.86 bits per heavy atom. The number of nitrogens with zero attached hydrogens (tertiary/aromatic N) is 5. The maximum atomic E-state index is 13.4. The number of pyridine rings is 1. The molecular formula is C27H32N6O3. The lowest BCUT2D eigenvalue weighted by Crippen LogP contribution is -2.33. The van der Waals surface area contributed by atoms with Crippen molar-refractivity contribution in [2.45, 2.75) is 44.2 Å². The van der Waals surface area contributed by atoms with Gasteiger partial charge < -0.3 is 14.4 Å². The number of H-pyrrole nitrogens is 1. The minimum atomic E-state index is 0.111. The van der Waals surface area contributed by atoms with E-state index in [1.54, 1.807) is 6.20 Å². The summed E-state index contributed by atoms with van der Waals surface area (Å²) in [7, 11) is 0. The second-order valence-corrected chi connectivity index (χ2v) is 10.9. The molecule has 3 aliphatic heterocycles. The van der Waals surface area contributed by atoms with Crippen LogP contribution in [-0.2, 0) is 11.3 Å². The topological polar surface area (TPSA) is 96.5 Å². The lowest BCUT2D eigenvalue weighted by Gasteiger charge is -2.24. The minimum absolute atomic E-state index is 0.111. The molecule has 1 aliphatic carbocycles. The van der Waals surface area contributed by atoms with E-state index in [-0.39, 0.29) is 12.0 Å². The van der Waals surface area contributed by atoms with Crippen molar-refractivity contribution in [3.63, 3.8) is 0 Å². The first-order valence-corrected chi connectivity index (χ1v) is 13.3. The first-order chi connectivity index (χ1) is 17.7. The molecule has 0 spiro atoms. The average molecular weight is 489 g/mol. The molecule has 9 nitrogen and oxygen atoms in total. The second kappa shape index (κ2) is 9.12. The summed E-state index contributed by atoms with van der Waals surface area (Å²) in [6, 6.07) is 8.36. The van der Waals surface area contributed by atoms with Crippen LogP contribution in [0.15, 0.2) is 30.5 Å². The third-order valence-corrected chi connectivity index (χ3v) is 8.24. The van der Waals surface area contributed by atoms with E-state index in [1.807, 2.05) is 11.0 Å². The Balaban J connectivity index is 0.991. The number of aromatic amines is 1. The molecule has 0 radical (unpaired) electrons. The Labute approximate surface area is 210 Å². The van der Waals surface area contributed by atoms with Gasteiger partial charge in [0.25, 0.3) is 5.91 Å². The van der Waals surface area contributed by atoms with Gasteiger partial charge in [0.1, 0.15) is 11.6 Å². The molecular weight excluding hydrogens is 456 g/mol. The first kappa shape index (κ1) is 22.2. The number of carbonyl (C=O) groups excluding carboxylic acids is 1. The van der Waals surface area contributed by atoms with Crippen molar-refractivity contribution in [2.24, 2.45) is 11.8 Å². The van der Waals surface area contributed by atoms with Gasteiger partial charge in [-0.3, -0.25) is 14.8 Å². The highest BCUT2D eigenvalue weighted by atomic mass is 16.5. The highest BCUT2D eigenvalue weighted by molar-refractivity contribution is 5.94. The van der Waals surface area contributed by atoms with Crippen molar-refractivity contribution < 1.29 is 14.3 Å². The maximum Gasteiger partial charge on any atom is 0.255 e.